The van der Waals surface area contributed by atoms with Crippen LogP contribution in [0.3, 0.4) is 0 Å². The molecule has 5 heteroatoms. The Morgan fingerprint density at radius 3 is 2.76 bits per heavy atom. The van der Waals surface area contributed by atoms with Crippen LogP contribution in [-0.2, 0) is 9.53 Å². The zero-order valence-corrected chi connectivity index (χ0v) is 15.0. The summed E-state index contributed by atoms with van der Waals surface area (Å²) in [5.41, 5.74) is 0.451. The number of carbonyl (C=O) groups is 1. The minimum Gasteiger partial charge on any atom is -0.375 e. The molecule has 0 radical (unpaired) electrons. The molecule has 5 rings (SSSR count). The Morgan fingerprint density at radius 2 is 2.04 bits per heavy atom. The van der Waals surface area contributed by atoms with Crippen molar-refractivity contribution < 1.29 is 9.53 Å². The Balaban J connectivity index is 1.17. The van der Waals surface area contributed by atoms with Gasteiger partial charge in [-0.25, -0.2) is 0 Å². The van der Waals surface area contributed by atoms with Crippen LogP contribution in [0.1, 0.15) is 57.8 Å². The van der Waals surface area contributed by atoms with E-state index in [2.05, 4.69) is 11.4 Å². The lowest BCUT2D eigenvalue weighted by Gasteiger charge is -2.27. The molecule has 0 aromatic heterocycles. The number of amides is 1. The summed E-state index contributed by atoms with van der Waals surface area (Å²) >= 11 is 0. The molecule has 0 aromatic carbocycles. The van der Waals surface area contributed by atoms with E-state index in [9.17, 15) is 10.1 Å². The molecule has 1 amide bonds. The molecule has 1 heterocycles. The van der Waals surface area contributed by atoms with Crippen LogP contribution in [0.2, 0.25) is 0 Å². The number of ether oxygens (including phenoxy) is 1. The molecule has 4 saturated carbocycles. The van der Waals surface area contributed by atoms with Crippen LogP contribution in [0.5, 0.6) is 0 Å². The quantitative estimate of drug-likeness (QED) is 0.831. The molecule has 5 nitrogen and oxygen atoms in total. The van der Waals surface area contributed by atoms with Crippen molar-refractivity contribution in [1.82, 2.24) is 10.2 Å². The zero-order chi connectivity index (χ0) is 17.0. The number of nitrogens with one attached hydrogen (secondary N) is 1. The van der Waals surface area contributed by atoms with Crippen molar-refractivity contribution in [3.05, 3.63) is 0 Å². The third-order valence-electron chi connectivity index (χ3n) is 7.58. The van der Waals surface area contributed by atoms with Crippen molar-refractivity contribution in [1.29, 1.82) is 5.26 Å². The Hall–Kier alpha value is -1.12. The SMILES string of the molecule is N#C[C@@H]1CCCN1C(=O)CN[C@@H]1C[C@H]2C[C@@H](OC3CC3)C[C@H]2C12CC2. The smallest absolute Gasteiger partial charge is 0.237 e. The number of nitriles is 1. The number of nitrogens with zero attached hydrogens (tertiary/aromatic N) is 2. The fraction of sp³-hybridized carbons (Fsp3) is 0.900. The molecule has 1 spiro atoms. The van der Waals surface area contributed by atoms with Gasteiger partial charge < -0.3 is 15.0 Å². The number of hydrogen-bond acceptors (Lipinski definition) is 4. The number of rotatable bonds is 5. The van der Waals surface area contributed by atoms with Crippen molar-refractivity contribution in [3.63, 3.8) is 0 Å². The van der Waals surface area contributed by atoms with Crippen LogP contribution in [-0.4, -0.2) is 48.2 Å². The van der Waals surface area contributed by atoms with Crippen molar-refractivity contribution >= 4 is 5.91 Å². The molecule has 5 aliphatic rings. The first-order valence-corrected chi connectivity index (χ1v) is 10.3. The summed E-state index contributed by atoms with van der Waals surface area (Å²) in [4.78, 5) is 14.3. The summed E-state index contributed by atoms with van der Waals surface area (Å²) < 4.78 is 6.19. The molecule has 25 heavy (non-hydrogen) atoms. The van der Waals surface area contributed by atoms with Gasteiger partial charge in [0.25, 0.3) is 0 Å². The third kappa shape index (κ3) is 2.78. The maximum atomic E-state index is 12.5. The van der Waals surface area contributed by atoms with Crippen LogP contribution in [0, 0.1) is 28.6 Å². The van der Waals surface area contributed by atoms with Crippen molar-refractivity contribution in [3.8, 4) is 6.07 Å². The van der Waals surface area contributed by atoms with E-state index in [1.165, 1.54) is 44.9 Å². The van der Waals surface area contributed by atoms with Crippen LogP contribution >= 0.6 is 0 Å². The van der Waals surface area contributed by atoms with E-state index in [4.69, 9.17) is 4.74 Å². The predicted octanol–water partition coefficient (Wildman–Crippen LogP) is 2.22. The van der Waals surface area contributed by atoms with E-state index in [0.717, 1.165) is 31.2 Å². The van der Waals surface area contributed by atoms with E-state index in [0.29, 0.717) is 30.2 Å². The Morgan fingerprint density at radius 1 is 1.20 bits per heavy atom. The summed E-state index contributed by atoms with van der Waals surface area (Å²) in [6, 6.07) is 2.57. The molecular weight excluding hydrogens is 314 g/mol. The van der Waals surface area contributed by atoms with Crippen LogP contribution < -0.4 is 5.32 Å². The van der Waals surface area contributed by atoms with Crippen molar-refractivity contribution in [2.45, 2.75) is 82.1 Å². The molecule has 5 fully saturated rings. The zero-order valence-electron chi connectivity index (χ0n) is 15.0. The number of carbonyl (C=O) groups excluding carboxylic acids is 1. The fourth-order valence-corrected chi connectivity index (χ4v) is 6.08. The second-order valence-corrected chi connectivity index (χ2v) is 9.07. The van der Waals surface area contributed by atoms with Gasteiger partial charge in [0.15, 0.2) is 0 Å². The molecule has 1 N–H and O–H groups in total. The monoisotopic (exact) mass is 343 g/mol. The number of fused-ring (bicyclic) bond motifs is 2. The van der Waals surface area contributed by atoms with Crippen molar-refractivity contribution in [2.75, 3.05) is 13.1 Å². The molecule has 0 aromatic rings. The largest absolute Gasteiger partial charge is 0.375 e. The lowest BCUT2D eigenvalue weighted by Crippen LogP contribution is -2.45. The first kappa shape index (κ1) is 16.1. The molecular formula is C20H29N3O2. The first-order valence-electron chi connectivity index (χ1n) is 10.3. The molecule has 1 aliphatic heterocycles. The van der Waals surface area contributed by atoms with Crippen LogP contribution in [0.4, 0.5) is 0 Å². The molecule has 136 valence electrons. The van der Waals surface area contributed by atoms with Gasteiger partial charge in [-0.3, -0.25) is 4.79 Å². The Labute approximate surface area is 150 Å². The minimum atomic E-state index is -0.201. The van der Waals surface area contributed by atoms with Gasteiger partial charge in [0.1, 0.15) is 6.04 Å². The van der Waals surface area contributed by atoms with Gasteiger partial charge in [0.2, 0.25) is 5.91 Å². The highest BCUT2D eigenvalue weighted by Gasteiger charge is 2.64. The van der Waals surface area contributed by atoms with E-state index in [1.807, 2.05) is 0 Å². The second kappa shape index (κ2) is 5.96. The third-order valence-corrected chi connectivity index (χ3v) is 7.58. The van der Waals surface area contributed by atoms with Crippen LogP contribution in [0.25, 0.3) is 0 Å². The van der Waals surface area contributed by atoms with Gasteiger partial charge >= 0.3 is 0 Å². The van der Waals surface area contributed by atoms with Crippen molar-refractivity contribution in [2.24, 2.45) is 17.3 Å². The highest BCUT2D eigenvalue weighted by atomic mass is 16.5. The van der Waals surface area contributed by atoms with Gasteiger partial charge in [-0.1, -0.05) is 0 Å². The van der Waals surface area contributed by atoms with E-state index in [1.54, 1.807) is 4.90 Å². The number of hydrogen-bond donors (Lipinski definition) is 1. The molecule has 1 saturated heterocycles. The predicted molar refractivity (Wildman–Crippen MR) is 92.5 cm³/mol. The van der Waals surface area contributed by atoms with Gasteiger partial charge in [-0.05, 0) is 75.0 Å². The summed E-state index contributed by atoms with van der Waals surface area (Å²) in [5, 5.41) is 12.8. The molecule has 0 unspecified atom stereocenters. The maximum Gasteiger partial charge on any atom is 0.237 e. The topological polar surface area (TPSA) is 65.4 Å². The molecule has 4 aliphatic carbocycles. The van der Waals surface area contributed by atoms with Gasteiger partial charge in [0, 0.05) is 12.6 Å². The lowest BCUT2D eigenvalue weighted by atomic mass is 9.87. The molecule has 5 atom stereocenters. The minimum absolute atomic E-state index is 0.117. The van der Waals surface area contributed by atoms with E-state index in [-0.39, 0.29) is 11.9 Å². The van der Waals surface area contributed by atoms with Crippen LogP contribution in [0.15, 0.2) is 0 Å². The normalized spacial score (nSPS) is 41.1. The summed E-state index contributed by atoms with van der Waals surface area (Å²) in [6.45, 7) is 1.16. The van der Waals surface area contributed by atoms with E-state index >= 15 is 0 Å². The summed E-state index contributed by atoms with van der Waals surface area (Å²) in [5.74, 6) is 1.71. The summed E-state index contributed by atoms with van der Waals surface area (Å²) in [6.07, 6.45) is 11.7. The first-order chi connectivity index (χ1) is 12.2. The maximum absolute atomic E-state index is 12.5. The van der Waals surface area contributed by atoms with Gasteiger partial charge in [-0.2, -0.15) is 5.26 Å². The molecule has 0 bridgehead atoms. The lowest BCUT2D eigenvalue weighted by molar-refractivity contribution is -0.130. The number of likely N-dealkylation sites (tertiary alicyclic amines) is 1. The summed E-state index contributed by atoms with van der Waals surface area (Å²) in [7, 11) is 0. The van der Waals surface area contributed by atoms with Gasteiger partial charge in [-0.15, -0.1) is 0 Å². The Bertz CT molecular complexity index is 592. The second-order valence-electron chi connectivity index (χ2n) is 9.07. The standard InChI is InChI=1S/C20H29N3O2/c21-11-14-2-1-7-23(14)19(24)12-22-18-9-13-8-16(25-15-3-4-15)10-17(13)20(18)5-6-20/h13-18,22H,1-10,12H2/t13-,14+,16-,17-,18-/m1/s1. The average molecular weight is 343 g/mol. The highest BCUT2D eigenvalue weighted by Crippen LogP contribution is 2.67. The van der Waals surface area contributed by atoms with E-state index < -0.39 is 0 Å². The van der Waals surface area contributed by atoms with Gasteiger partial charge in [0.05, 0.1) is 24.8 Å². The average Bonchev–Trinajstić information content (AvgIpc) is 3.47. The highest BCUT2D eigenvalue weighted by molar-refractivity contribution is 5.79. The fourth-order valence-electron chi connectivity index (χ4n) is 6.08. The Kier molecular flexibility index (Phi) is 3.83.